The van der Waals surface area contributed by atoms with Gasteiger partial charge < -0.3 is 15.7 Å². The van der Waals surface area contributed by atoms with Gasteiger partial charge in [-0.25, -0.2) is 0 Å². The fourth-order valence-corrected chi connectivity index (χ4v) is 2.43. The Bertz CT molecular complexity index is 302. The molecule has 2 atom stereocenters. The SMILES string of the molecule is CC(C)(C)C(CCO)NC(=O)C1CSC(=O)N1. The molecule has 1 heterocycles. The van der Waals surface area contributed by atoms with Gasteiger partial charge in [0.05, 0.1) is 0 Å². The second-order valence-corrected chi connectivity index (χ2v) is 6.23. The molecule has 0 spiro atoms. The summed E-state index contributed by atoms with van der Waals surface area (Å²) in [4.78, 5) is 22.9. The van der Waals surface area contributed by atoms with Crippen molar-refractivity contribution < 1.29 is 14.7 Å². The number of amides is 2. The van der Waals surface area contributed by atoms with Crippen LogP contribution in [0, 0.1) is 5.41 Å². The van der Waals surface area contributed by atoms with E-state index >= 15 is 0 Å². The molecule has 1 fully saturated rings. The van der Waals surface area contributed by atoms with Gasteiger partial charge in [-0.3, -0.25) is 9.59 Å². The summed E-state index contributed by atoms with van der Waals surface area (Å²) in [5.74, 6) is 0.303. The molecule has 1 rings (SSSR count). The van der Waals surface area contributed by atoms with E-state index in [0.717, 1.165) is 11.8 Å². The Morgan fingerprint density at radius 3 is 2.71 bits per heavy atom. The lowest BCUT2D eigenvalue weighted by atomic mass is 9.85. The molecule has 0 aliphatic carbocycles. The van der Waals surface area contributed by atoms with Crippen LogP contribution in [0.15, 0.2) is 0 Å². The summed E-state index contributed by atoms with van der Waals surface area (Å²) in [6.45, 7) is 6.06. The summed E-state index contributed by atoms with van der Waals surface area (Å²) < 4.78 is 0. The number of aliphatic hydroxyl groups excluding tert-OH is 1. The molecule has 0 aromatic rings. The van der Waals surface area contributed by atoms with Crippen LogP contribution < -0.4 is 10.6 Å². The van der Waals surface area contributed by atoms with Crippen molar-refractivity contribution in [1.29, 1.82) is 0 Å². The third-order valence-electron chi connectivity index (χ3n) is 2.77. The molecule has 0 radical (unpaired) electrons. The quantitative estimate of drug-likeness (QED) is 0.696. The fourth-order valence-electron chi connectivity index (χ4n) is 1.65. The number of nitrogens with one attached hydrogen (secondary N) is 2. The van der Waals surface area contributed by atoms with Crippen molar-refractivity contribution in [2.45, 2.75) is 39.3 Å². The highest BCUT2D eigenvalue weighted by Gasteiger charge is 2.32. The Balaban J connectivity index is 2.55. The number of hydrogen-bond acceptors (Lipinski definition) is 4. The zero-order valence-corrected chi connectivity index (χ0v) is 11.3. The molecule has 0 saturated carbocycles. The van der Waals surface area contributed by atoms with E-state index in [0.29, 0.717) is 12.2 Å². The van der Waals surface area contributed by atoms with Crippen LogP contribution in [0.4, 0.5) is 4.79 Å². The minimum atomic E-state index is -0.448. The summed E-state index contributed by atoms with van der Waals surface area (Å²) in [6, 6.07) is -0.543. The van der Waals surface area contributed by atoms with Crippen molar-refractivity contribution >= 4 is 22.9 Å². The van der Waals surface area contributed by atoms with E-state index in [1.807, 2.05) is 20.8 Å². The summed E-state index contributed by atoms with van der Waals surface area (Å²) in [5.41, 5.74) is -0.117. The average Bonchev–Trinajstić information content (AvgIpc) is 2.62. The highest BCUT2D eigenvalue weighted by atomic mass is 32.2. The molecular weight excluding hydrogens is 240 g/mol. The maximum Gasteiger partial charge on any atom is 0.279 e. The topological polar surface area (TPSA) is 78.4 Å². The van der Waals surface area contributed by atoms with Crippen molar-refractivity contribution in [3.8, 4) is 0 Å². The van der Waals surface area contributed by atoms with Crippen LogP contribution in [0.25, 0.3) is 0 Å². The molecule has 1 aliphatic rings. The number of carbonyl (C=O) groups excluding carboxylic acids is 2. The minimum Gasteiger partial charge on any atom is -0.396 e. The molecule has 2 unspecified atom stereocenters. The Morgan fingerprint density at radius 1 is 1.65 bits per heavy atom. The summed E-state index contributed by atoms with van der Waals surface area (Å²) in [5, 5.41) is 14.3. The highest BCUT2D eigenvalue weighted by molar-refractivity contribution is 8.14. The highest BCUT2D eigenvalue weighted by Crippen LogP contribution is 2.22. The van der Waals surface area contributed by atoms with E-state index in [9.17, 15) is 9.59 Å². The van der Waals surface area contributed by atoms with Gasteiger partial charge in [-0.15, -0.1) is 0 Å². The van der Waals surface area contributed by atoms with Crippen molar-refractivity contribution in [2.75, 3.05) is 12.4 Å². The molecule has 3 N–H and O–H groups in total. The van der Waals surface area contributed by atoms with E-state index in [-0.39, 0.29) is 29.2 Å². The van der Waals surface area contributed by atoms with Crippen LogP contribution in [0.3, 0.4) is 0 Å². The summed E-state index contributed by atoms with van der Waals surface area (Å²) in [6.07, 6.45) is 0.517. The van der Waals surface area contributed by atoms with Crippen molar-refractivity contribution in [3.63, 3.8) is 0 Å². The molecule has 2 amide bonds. The van der Waals surface area contributed by atoms with Gasteiger partial charge in [0.25, 0.3) is 5.24 Å². The monoisotopic (exact) mass is 260 g/mol. The first kappa shape index (κ1) is 14.3. The van der Waals surface area contributed by atoms with Gasteiger partial charge in [0.1, 0.15) is 6.04 Å². The zero-order chi connectivity index (χ0) is 13.1. The maximum absolute atomic E-state index is 11.9. The van der Waals surface area contributed by atoms with Crippen molar-refractivity contribution in [1.82, 2.24) is 10.6 Å². The fraction of sp³-hybridized carbons (Fsp3) is 0.818. The lowest BCUT2D eigenvalue weighted by molar-refractivity contribution is -0.123. The number of thioether (sulfide) groups is 1. The van der Waals surface area contributed by atoms with E-state index < -0.39 is 6.04 Å². The first-order valence-corrected chi connectivity index (χ1v) is 6.67. The number of hydrogen-bond donors (Lipinski definition) is 3. The average molecular weight is 260 g/mol. The second kappa shape index (κ2) is 5.73. The molecule has 6 heteroatoms. The molecule has 0 bridgehead atoms. The summed E-state index contributed by atoms with van der Waals surface area (Å²) in [7, 11) is 0. The number of aliphatic hydroxyl groups is 1. The molecular formula is C11H20N2O3S. The molecule has 98 valence electrons. The molecule has 17 heavy (non-hydrogen) atoms. The van der Waals surface area contributed by atoms with E-state index in [2.05, 4.69) is 10.6 Å². The van der Waals surface area contributed by atoms with E-state index in [1.165, 1.54) is 0 Å². The standard InChI is InChI=1S/C11H20N2O3S/c1-11(2,3)8(4-5-14)13-9(15)7-6-17-10(16)12-7/h7-8,14H,4-6H2,1-3H3,(H,12,16)(H,13,15). The van der Waals surface area contributed by atoms with E-state index in [1.54, 1.807) is 0 Å². The smallest absolute Gasteiger partial charge is 0.279 e. The third kappa shape index (κ3) is 4.20. The van der Waals surface area contributed by atoms with Gasteiger partial charge in [-0.1, -0.05) is 32.5 Å². The molecule has 0 aromatic heterocycles. The lowest BCUT2D eigenvalue weighted by Crippen LogP contribution is -2.51. The Kier molecular flexibility index (Phi) is 4.82. The largest absolute Gasteiger partial charge is 0.396 e. The van der Waals surface area contributed by atoms with Gasteiger partial charge in [0.15, 0.2) is 0 Å². The predicted octanol–water partition coefficient (Wildman–Crippen LogP) is 0.725. The first-order chi connectivity index (χ1) is 7.84. The van der Waals surface area contributed by atoms with Crippen LogP contribution in [0.1, 0.15) is 27.2 Å². The van der Waals surface area contributed by atoms with Gasteiger partial charge in [0, 0.05) is 18.4 Å². The Morgan fingerprint density at radius 2 is 2.29 bits per heavy atom. The zero-order valence-electron chi connectivity index (χ0n) is 10.4. The third-order valence-corrected chi connectivity index (χ3v) is 3.65. The first-order valence-electron chi connectivity index (χ1n) is 5.69. The number of rotatable bonds is 4. The maximum atomic E-state index is 11.9. The number of carbonyl (C=O) groups is 2. The Labute approximate surface area is 106 Å². The molecule has 5 nitrogen and oxygen atoms in total. The normalized spacial score (nSPS) is 22.1. The molecule has 1 aliphatic heterocycles. The van der Waals surface area contributed by atoms with Gasteiger partial charge in [0.2, 0.25) is 5.91 Å². The van der Waals surface area contributed by atoms with Crippen molar-refractivity contribution in [2.24, 2.45) is 5.41 Å². The van der Waals surface area contributed by atoms with Gasteiger partial charge in [-0.2, -0.15) is 0 Å². The van der Waals surface area contributed by atoms with Crippen molar-refractivity contribution in [3.05, 3.63) is 0 Å². The van der Waals surface area contributed by atoms with Gasteiger partial charge in [-0.05, 0) is 11.8 Å². The van der Waals surface area contributed by atoms with Crippen LogP contribution >= 0.6 is 11.8 Å². The summed E-state index contributed by atoms with van der Waals surface area (Å²) >= 11 is 1.12. The van der Waals surface area contributed by atoms with Gasteiger partial charge >= 0.3 is 0 Å². The Hall–Kier alpha value is -0.750. The molecule has 0 aromatic carbocycles. The van der Waals surface area contributed by atoms with Crippen LogP contribution in [-0.4, -0.2) is 40.7 Å². The minimum absolute atomic E-state index is 0.0357. The van der Waals surface area contributed by atoms with E-state index in [4.69, 9.17) is 5.11 Å². The molecule has 1 saturated heterocycles. The second-order valence-electron chi connectivity index (χ2n) is 5.23. The van der Waals surface area contributed by atoms with Crippen LogP contribution in [0.5, 0.6) is 0 Å². The predicted molar refractivity (Wildman–Crippen MR) is 67.9 cm³/mol. The lowest BCUT2D eigenvalue weighted by Gasteiger charge is -2.31. The van der Waals surface area contributed by atoms with Crippen LogP contribution in [0.2, 0.25) is 0 Å². The van der Waals surface area contributed by atoms with Crippen LogP contribution in [-0.2, 0) is 4.79 Å².